The van der Waals surface area contributed by atoms with Crippen molar-refractivity contribution in [3.05, 3.63) is 12.2 Å². The van der Waals surface area contributed by atoms with Crippen LogP contribution in [-0.2, 0) is 23.7 Å². The first-order chi connectivity index (χ1) is 16.3. The van der Waals surface area contributed by atoms with E-state index >= 15 is 0 Å². The number of ether oxygens (including phenoxy) is 4. The number of ketones is 1. The molecule has 0 spiro atoms. The number of aliphatic hydroxyl groups excluding tert-OH is 6. The summed E-state index contributed by atoms with van der Waals surface area (Å²) in [6.07, 6.45) is -7.90. The van der Waals surface area contributed by atoms with Gasteiger partial charge in [0.25, 0.3) is 0 Å². The van der Waals surface area contributed by atoms with Gasteiger partial charge in [-0.25, -0.2) is 0 Å². The molecule has 1 saturated carbocycles. The van der Waals surface area contributed by atoms with E-state index in [1.165, 1.54) is 6.92 Å². The Hall–Kier alpha value is -0.990. The monoisotopic (exact) mass is 504 g/mol. The molecule has 12 unspecified atom stereocenters. The Balaban J connectivity index is 1.61. The average Bonchev–Trinajstić information content (AvgIpc) is 2.77. The zero-order valence-corrected chi connectivity index (χ0v) is 20.6. The van der Waals surface area contributed by atoms with Gasteiger partial charge in [0, 0.05) is 0 Å². The summed E-state index contributed by atoms with van der Waals surface area (Å²) in [4.78, 5) is 11.4. The normalized spacial score (nSPS) is 46.6. The predicted molar refractivity (Wildman–Crippen MR) is 121 cm³/mol. The third-order valence-electron chi connectivity index (χ3n) is 7.32. The van der Waals surface area contributed by atoms with E-state index in [9.17, 15) is 35.4 Å². The Labute approximate surface area is 205 Å². The predicted octanol–water partition coefficient (Wildman–Crippen LogP) is -1.15. The summed E-state index contributed by atoms with van der Waals surface area (Å²) in [5, 5.41) is 60.7. The van der Waals surface area contributed by atoms with Crippen molar-refractivity contribution >= 4 is 5.78 Å². The lowest BCUT2D eigenvalue weighted by Crippen LogP contribution is -2.61. The summed E-state index contributed by atoms with van der Waals surface area (Å²) >= 11 is 0. The highest BCUT2D eigenvalue weighted by Crippen LogP contribution is 2.46. The highest BCUT2D eigenvalue weighted by atomic mass is 16.7. The molecule has 11 nitrogen and oxygen atoms in total. The summed E-state index contributed by atoms with van der Waals surface area (Å²) in [7, 11) is 0. The average molecular weight is 505 g/mol. The van der Waals surface area contributed by atoms with Crippen LogP contribution in [0, 0.1) is 17.3 Å². The van der Waals surface area contributed by atoms with Gasteiger partial charge in [0.05, 0.1) is 19.3 Å². The zero-order valence-electron chi connectivity index (χ0n) is 20.6. The minimum absolute atomic E-state index is 0.0114. The molecule has 3 rings (SSSR count). The topological polar surface area (TPSA) is 175 Å². The summed E-state index contributed by atoms with van der Waals surface area (Å²) in [5.74, 6) is 0.331. The van der Waals surface area contributed by atoms with E-state index in [0.717, 1.165) is 0 Å². The summed E-state index contributed by atoms with van der Waals surface area (Å²) in [6, 6.07) is 0. The second-order valence-corrected chi connectivity index (χ2v) is 10.8. The molecule has 0 aromatic carbocycles. The molecule has 3 fully saturated rings. The number of carbonyl (C=O) groups excluding carboxylic acids is 1. The maximum Gasteiger partial charge on any atom is 0.186 e. The number of rotatable bonds is 7. The van der Waals surface area contributed by atoms with Crippen LogP contribution in [-0.4, -0.2) is 111 Å². The van der Waals surface area contributed by atoms with Gasteiger partial charge in [-0.15, -0.1) is 0 Å². The fourth-order valence-corrected chi connectivity index (χ4v) is 5.40. The Morgan fingerprint density at radius 2 is 1.66 bits per heavy atom. The van der Waals surface area contributed by atoms with Gasteiger partial charge >= 0.3 is 0 Å². The Morgan fingerprint density at radius 3 is 2.29 bits per heavy atom. The largest absolute Gasteiger partial charge is 0.388 e. The molecule has 0 aromatic rings. The highest BCUT2D eigenvalue weighted by molar-refractivity contribution is 5.87. The Bertz CT molecular complexity index is 743. The molecule has 35 heavy (non-hydrogen) atoms. The van der Waals surface area contributed by atoms with Crippen molar-refractivity contribution in [1.82, 2.24) is 0 Å². The number of hydrogen-bond acceptors (Lipinski definition) is 11. The van der Waals surface area contributed by atoms with E-state index in [2.05, 4.69) is 20.8 Å². The maximum atomic E-state index is 11.4. The molecule has 11 heteroatoms. The van der Waals surface area contributed by atoms with E-state index < -0.39 is 55.3 Å². The zero-order chi connectivity index (χ0) is 26.1. The lowest BCUT2D eigenvalue weighted by Gasteiger charge is -2.47. The van der Waals surface area contributed by atoms with Gasteiger partial charge in [0.1, 0.15) is 42.7 Å². The van der Waals surface area contributed by atoms with Crippen molar-refractivity contribution in [1.29, 1.82) is 0 Å². The third kappa shape index (κ3) is 6.67. The van der Waals surface area contributed by atoms with Crippen LogP contribution in [0.4, 0.5) is 0 Å². The molecule has 0 amide bonds. The van der Waals surface area contributed by atoms with E-state index in [-0.39, 0.29) is 42.4 Å². The summed E-state index contributed by atoms with van der Waals surface area (Å²) < 4.78 is 22.5. The molecule has 2 saturated heterocycles. The molecular formula is C24H40O11. The fraction of sp³-hybridized carbons (Fsp3) is 0.875. The van der Waals surface area contributed by atoms with E-state index in [4.69, 9.17) is 18.9 Å². The Morgan fingerprint density at radius 1 is 1.00 bits per heavy atom. The van der Waals surface area contributed by atoms with Gasteiger partial charge in [0.15, 0.2) is 18.4 Å². The van der Waals surface area contributed by atoms with Crippen LogP contribution in [0.5, 0.6) is 0 Å². The van der Waals surface area contributed by atoms with Crippen LogP contribution in [0.15, 0.2) is 12.2 Å². The number of hydrogen-bond donors (Lipinski definition) is 6. The van der Waals surface area contributed by atoms with Crippen molar-refractivity contribution in [2.45, 2.75) is 102 Å². The van der Waals surface area contributed by atoms with Crippen LogP contribution in [0.2, 0.25) is 0 Å². The van der Waals surface area contributed by atoms with E-state index in [0.29, 0.717) is 12.8 Å². The standard InChI is InChI=1S/C24H40O11/c1-11-7-13(8-24(3,4)14(11)6-5-12(2)25)34-23-21(31)19(29)18(28)16(35-23)10-33-22-20(30)17(27)15(26)9-32-22/h5-6,11,13-23,26-31H,7-10H2,1-4H3. The molecular weight excluding hydrogens is 464 g/mol. The van der Waals surface area contributed by atoms with Crippen molar-refractivity contribution in [2.24, 2.45) is 17.3 Å². The van der Waals surface area contributed by atoms with Gasteiger partial charge < -0.3 is 49.6 Å². The number of carbonyl (C=O) groups is 1. The number of aliphatic hydroxyl groups is 6. The van der Waals surface area contributed by atoms with Crippen molar-refractivity contribution < 1.29 is 54.4 Å². The fourth-order valence-electron chi connectivity index (χ4n) is 5.40. The van der Waals surface area contributed by atoms with Crippen LogP contribution < -0.4 is 0 Å². The first-order valence-corrected chi connectivity index (χ1v) is 12.1. The SMILES string of the molecule is CC(=O)C=CC1C(C)CC(OC2OC(COC3OCC(O)C(O)C3O)C(O)C(O)C2O)CC1(C)C. The van der Waals surface area contributed by atoms with Crippen LogP contribution >= 0.6 is 0 Å². The van der Waals surface area contributed by atoms with Gasteiger partial charge in [-0.2, -0.15) is 0 Å². The van der Waals surface area contributed by atoms with Crippen LogP contribution in [0.1, 0.15) is 40.5 Å². The summed E-state index contributed by atoms with van der Waals surface area (Å²) in [6.45, 7) is 7.17. The maximum absolute atomic E-state index is 11.4. The minimum atomic E-state index is -1.56. The lowest BCUT2D eigenvalue weighted by molar-refractivity contribution is -0.330. The summed E-state index contributed by atoms with van der Waals surface area (Å²) in [5.41, 5.74) is -0.200. The lowest BCUT2D eigenvalue weighted by atomic mass is 9.63. The molecule has 2 heterocycles. The quantitative estimate of drug-likeness (QED) is 0.231. The molecule has 0 radical (unpaired) electrons. The van der Waals surface area contributed by atoms with E-state index in [1.54, 1.807) is 6.08 Å². The van der Waals surface area contributed by atoms with Gasteiger partial charge in [-0.3, -0.25) is 4.79 Å². The van der Waals surface area contributed by atoms with Crippen molar-refractivity contribution in [2.75, 3.05) is 13.2 Å². The molecule has 2 aliphatic heterocycles. The second-order valence-electron chi connectivity index (χ2n) is 10.8. The van der Waals surface area contributed by atoms with Gasteiger partial charge in [-0.05, 0) is 43.1 Å². The molecule has 202 valence electrons. The molecule has 0 bridgehead atoms. The molecule has 6 N–H and O–H groups in total. The minimum Gasteiger partial charge on any atom is -0.388 e. The Kier molecular flexibility index (Phi) is 9.47. The van der Waals surface area contributed by atoms with Gasteiger partial charge in [0.2, 0.25) is 0 Å². The molecule has 1 aliphatic carbocycles. The smallest absolute Gasteiger partial charge is 0.186 e. The first kappa shape index (κ1) is 28.6. The third-order valence-corrected chi connectivity index (χ3v) is 7.32. The van der Waals surface area contributed by atoms with Gasteiger partial charge in [-0.1, -0.05) is 26.8 Å². The molecule has 0 aromatic heterocycles. The molecule has 3 aliphatic rings. The van der Waals surface area contributed by atoms with Crippen molar-refractivity contribution in [3.8, 4) is 0 Å². The number of allylic oxidation sites excluding steroid dienone is 2. The highest BCUT2D eigenvalue weighted by Gasteiger charge is 2.48. The van der Waals surface area contributed by atoms with E-state index in [1.807, 2.05) is 6.08 Å². The van der Waals surface area contributed by atoms with Crippen LogP contribution in [0.25, 0.3) is 0 Å². The van der Waals surface area contributed by atoms with Crippen molar-refractivity contribution in [3.63, 3.8) is 0 Å². The second kappa shape index (κ2) is 11.6. The first-order valence-electron chi connectivity index (χ1n) is 12.1. The van der Waals surface area contributed by atoms with Crippen LogP contribution in [0.3, 0.4) is 0 Å². The molecule has 12 atom stereocenters.